The molecule has 0 rings (SSSR count). The number of amides is 5. The van der Waals surface area contributed by atoms with Gasteiger partial charge in [0.05, 0.1) is 13.2 Å². The van der Waals surface area contributed by atoms with Gasteiger partial charge in [-0.15, -0.1) is 0 Å². The number of carbonyl (C=O) groups excluding carboxylic acids is 5. The Morgan fingerprint density at radius 2 is 0.524 bits per heavy atom. The van der Waals surface area contributed by atoms with Crippen LogP contribution in [-0.2, 0) is 24.0 Å². The summed E-state index contributed by atoms with van der Waals surface area (Å²) in [4.78, 5) is 68.7. The fourth-order valence-electron chi connectivity index (χ4n) is 14.8. The summed E-state index contributed by atoms with van der Waals surface area (Å²) in [5.41, 5.74) is 0. The quantitative estimate of drug-likeness (QED) is 0.0209. The Morgan fingerprint density at radius 1 is 0.286 bits per heavy atom. The van der Waals surface area contributed by atoms with E-state index in [2.05, 4.69) is 46.7 Å². The van der Waals surface area contributed by atoms with E-state index in [1.165, 1.54) is 167 Å². The molecule has 0 fully saturated rings. The van der Waals surface area contributed by atoms with Crippen molar-refractivity contribution >= 4 is 57.7 Å². The molecule has 1 unspecified atom stereocenters. The molecule has 10 radical (unpaired) electrons. The molecule has 0 aliphatic heterocycles. The Morgan fingerprint density at radius 3 is 0.786 bits per heavy atom. The van der Waals surface area contributed by atoms with Crippen molar-refractivity contribution in [2.75, 3.05) is 78.7 Å². The molecule has 0 aromatic rings. The summed E-state index contributed by atoms with van der Waals surface area (Å²) < 4.78 is 0. The number of aliphatic hydroxyl groups excluding tert-OH is 10. The molecule has 28 nitrogen and oxygen atoms in total. The van der Waals surface area contributed by atoms with Crippen molar-refractivity contribution in [3.05, 3.63) is 0 Å². The topological polar surface area (TPSA) is 459 Å². The third-order valence-corrected chi connectivity index (χ3v) is 22.5. The largest absolute Gasteiger partial charge is 0.437 e. The van der Waals surface area contributed by atoms with Gasteiger partial charge in [-0.2, -0.15) is 0 Å². The summed E-state index contributed by atoms with van der Waals surface area (Å²) in [6.07, 6.45) is 42.1. The zero-order valence-electron chi connectivity index (χ0n) is 79.0. The van der Waals surface area contributed by atoms with Crippen LogP contribution in [0.3, 0.4) is 0 Å². The van der Waals surface area contributed by atoms with Crippen LogP contribution in [0.1, 0.15) is 340 Å². The predicted octanol–water partition coefficient (Wildman–Crippen LogP) is 7.32. The molecule has 0 aromatic carbocycles. The second-order valence-corrected chi connectivity index (χ2v) is 33.5. The Balaban J connectivity index is -0.00000147. The average Bonchev–Trinajstić information content (AvgIpc) is 0.885. The molecule has 0 saturated carbocycles. The van der Waals surface area contributed by atoms with Crippen molar-refractivity contribution in [1.82, 2.24) is 46.7 Å². The maximum absolute atomic E-state index is 13.8. The van der Waals surface area contributed by atoms with E-state index in [0.29, 0.717) is 71.7 Å². The molecule has 126 heavy (non-hydrogen) atoms. The Kier molecular flexibility index (Phi) is 148. The number of unbranched alkanes of at least 4 members (excludes halogenated alkanes) is 45. The predicted molar refractivity (Wildman–Crippen MR) is 469 cm³/mol. The van der Waals surface area contributed by atoms with Gasteiger partial charge in [-0.05, 0) is 137 Å². The number of hydrogen-bond acceptors (Lipinski definition) is 23. The molecule has 0 spiro atoms. The SMILES string of the molecule is CB(O)NCCCCN(CC(CCCCCCNC(=O)C(CNC(=O)CCCCCCCCCCCCCCCCCCCCCCCNC(=O)[C@@H](O)[C@H](O)[C@@H](O)[C@H](O)CO)NC(=O)CCCCCCCCCCCCCCCCCCCCCCCNC(=O)[C@H](O)[C@@H](O)[C@H](O)[C@H](O)CO)CN(CCCCNB(C)O)B(C)O)B(C)O.[Ac].[Ac].[Ac].[Ac].[Ac].[Ac].[Ac].[Ac].[Ac].[Ac]. The minimum atomic E-state index is -1.90. The first-order valence-electron chi connectivity index (χ1n) is 46.6. The van der Waals surface area contributed by atoms with Gasteiger partial charge in [0.2, 0.25) is 17.7 Å². The van der Waals surface area contributed by atoms with Crippen LogP contribution < -0.4 is 37.0 Å². The van der Waals surface area contributed by atoms with Gasteiger partial charge in [0.1, 0.15) is 42.7 Å². The van der Waals surface area contributed by atoms with Gasteiger partial charge in [-0.25, -0.2) is 0 Å². The standard InChI is InChI=1S/C84H173B4N9O19.10Ac/c1-85(113)93-61-51-53-63-96(87(3)115)66-70(67-97(88(4)116)64-54-52-62-94-86(2)114)55-45-41-44-50-58-89-82(110)71(95-75(103)57-47-40-36-32-28-24-20-16-12-8-6-10-14-18-22-26-30-34-38-43-49-60-91-84(112)81(109)79(107)77(105)73(101)69-99)65-92-74(102)56-46-39-35-31-27-23-19-15-11-7-5-9-13-17-21-25-29-33-37-42-48-59-90-83(111)80(108)78(106)76(104)72(100)68-98;;;;;;;;;;/h70-73,76-81,93-94,98-101,104-109,113-116H,5-69H2,1-4H3,(H,89,110)(H,90,111)(H,91,112)(H,92,102)(H,95,103);;;;;;;;;;/t71?,72-,73-,76+,77-,78-,79+,80+,81-;;;;;;;;;;/m1........../s1. The van der Waals surface area contributed by atoms with Crippen LogP contribution in [0.4, 0.5) is 0 Å². The monoisotopic (exact) mass is 3930 g/mol. The molecule has 0 aliphatic rings. The van der Waals surface area contributed by atoms with Gasteiger partial charge >= 0.3 is 28.2 Å². The zero-order chi connectivity index (χ0) is 86.0. The van der Waals surface area contributed by atoms with Crippen LogP contribution in [0.2, 0.25) is 27.3 Å². The van der Waals surface area contributed by atoms with E-state index in [1.807, 2.05) is 0 Å². The second kappa shape index (κ2) is 117. The number of rotatable bonds is 87. The van der Waals surface area contributed by atoms with Crippen LogP contribution >= 0.6 is 0 Å². The fourth-order valence-corrected chi connectivity index (χ4v) is 14.8. The average molecular weight is 3930 g/mol. The summed E-state index contributed by atoms with van der Waals surface area (Å²) in [5, 5.41) is 157. The Labute approximate surface area is 1120 Å². The minimum Gasteiger partial charge on any atom is -0.437 e. The van der Waals surface area contributed by atoms with E-state index >= 15 is 0 Å². The molecule has 9 atom stereocenters. The summed E-state index contributed by atoms with van der Waals surface area (Å²) in [7, 11) is -2.43. The normalized spacial score (nSPS) is 13.0. The molecular formula is C84H173Ac10B4N9O19. The number of carbonyl (C=O) groups is 5. The van der Waals surface area contributed by atoms with Gasteiger partial charge in [0, 0.05) is 480 Å². The van der Waals surface area contributed by atoms with Crippen molar-refractivity contribution in [3.8, 4) is 0 Å². The number of nitrogens with one attached hydrogen (secondary N) is 7. The molecule has 5 amide bonds. The van der Waals surface area contributed by atoms with Gasteiger partial charge in [0.15, 0.2) is 12.2 Å². The number of hydrogen-bond donors (Lipinski definition) is 21. The first-order chi connectivity index (χ1) is 55.9. The molecule has 42 heteroatoms. The molecule has 0 aliphatic carbocycles. The Hall–Kier alpha value is 11.3. The van der Waals surface area contributed by atoms with Crippen LogP contribution in [0.25, 0.3) is 0 Å². The van der Waals surface area contributed by atoms with E-state index in [1.54, 1.807) is 27.3 Å². The van der Waals surface area contributed by atoms with E-state index in [-0.39, 0.29) is 471 Å². The maximum Gasteiger partial charge on any atom is 0.376 e. The van der Waals surface area contributed by atoms with Crippen molar-refractivity contribution in [1.29, 1.82) is 0 Å². The van der Waals surface area contributed by atoms with E-state index < -0.39 is 108 Å². The van der Waals surface area contributed by atoms with Crippen molar-refractivity contribution < 1.29 is 536 Å². The summed E-state index contributed by atoms with van der Waals surface area (Å²) >= 11 is 0. The molecule has 0 bridgehead atoms. The smallest absolute Gasteiger partial charge is 0.376 e. The van der Waals surface area contributed by atoms with Crippen molar-refractivity contribution in [2.24, 2.45) is 5.92 Å². The minimum absolute atomic E-state index is 0. The maximum atomic E-state index is 13.8. The van der Waals surface area contributed by atoms with Gasteiger partial charge in [-0.1, -0.05) is 263 Å². The van der Waals surface area contributed by atoms with E-state index in [0.717, 1.165) is 161 Å². The van der Waals surface area contributed by atoms with Gasteiger partial charge in [0.25, 0.3) is 11.8 Å². The summed E-state index contributed by atoms with van der Waals surface area (Å²) in [6, 6.07) is -0.885. The van der Waals surface area contributed by atoms with Gasteiger partial charge in [-0.3, -0.25) is 24.0 Å². The second-order valence-electron chi connectivity index (χ2n) is 33.5. The van der Waals surface area contributed by atoms with Crippen LogP contribution in [0.5, 0.6) is 0 Å². The third-order valence-electron chi connectivity index (χ3n) is 22.5. The third kappa shape index (κ3) is 99.9. The van der Waals surface area contributed by atoms with Crippen molar-refractivity contribution in [3.63, 3.8) is 0 Å². The molecule has 0 heterocycles. The zero-order valence-corrected chi connectivity index (χ0v) is 126. The molecular weight excluding hydrogens is 3750 g/mol. The van der Waals surface area contributed by atoms with E-state index in [9.17, 15) is 84.9 Å². The Bertz CT molecular complexity index is 2300. The number of nitrogens with zero attached hydrogens (tertiary/aromatic N) is 2. The summed E-state index contributed by atoms with van der Waals surface area (Å²) in [6.45, 7) is 10.7. The van der Waals surface area contributed by atoms with Crippen LogP contribution in [-0.4, -0.2) is 272 Å². The van der Waals surface area contributed by atoms with Gasteiger partial charge < -0.3 is 118 Å². The van der Waals surface area contributed by atoms with Crippen molar-refractivity contribution in [2.45, 2.75) is 422 Å². The summed E-state index contributed by atoms with van der Waals surface area (Å²) in [5.74, 6) is -2.08. The first-order valence-corrected chi connectivity index (χ1v) is 46.6. The van der Waals surface area contributed by atoms with E-state index in [4.69, 9.17) is 10.2 Å². The fraction of sp³-hybridized carbons (Fsp3) is 0.940. The molecule has 0 saturated heterocycles. The molecule has 21 N–H and O–H groups in total. The molecule has 0 aromatic heterocycles. The first kappa shape index (κ1) is 160. The van der Waals surface area contributed by atoms with Crippen LogP contribution in [0.15, 0.2) is 0 Å². The number of aliphatic hydroxyl groups is 10. The van der Waals surface area contributed by atoms with Crippen LogP contribution in [0, 0.1) is 447 Å². The molecule has 710 valence electrons.